The number of nitrogens with one attached hydrogen (secondary N) is 3. The van der Waals surface area contributed by atoms with Crippen molar-refractivity contribution < 1.29 is 28.6 Å². The van der Waals surface area contributed by atoms with E-state index in [0.29, 0.717) is 55.4 Å². The van der Waals surface area contributed by atoms with Crippen molar-refractivity contribution in [1.29, 1.82) is 5.26 Å². The van der Waals surface area contributed by atoms with Gasteiger partial charge in [-0.15, -0.1) is 23.1 Å². The smallest absolute Gasteiger partial charge is 0.272 e. The number of amides is 3. The van der Waals surface area contributed by atoms with Crippen molar-refractivity contribution in [2.45, 2.75) is 35.3 Å². The Morgan fingerprint density at radius 1 is 0.800 bits per heavy atom. The Kier molecular flexibility index (Phi) is 13.3. The summed E-state index contributed by atoms with van der Waals surface area (Å²) in [5.41, 5.74) is 4.80. The molecule has 5 aromatic carbocycles. The molecule has 2 unspecified atom stereocenters. The summed E-state index contributed by atoms with van der Waals surface area (Å²) < 4.78 is 16.5. The molecule has 0 aliphatic heterocycles. The zero-order valence-corrected chi connectivity index (χ0v) is 34.8. The molecule has 0 radical (unpaired) electrons. The quantitative estimate of drug-likeness (QED) is 0.0729. The van der Waals surface area contributed by atoms with E-state index >= 15 is 0 Å². The average molecular weight is 835 g/mol. The summed E-state index contributed by atoms with van der Waals surface area (Å²) in [6.45, 7) is 0. The number of hydrogen-bond donors (Lipinski definition) is 3. The third kappa shape index (κ3) is 9.55. The maximum absolute atomic E-state index is 14.3. The molecule has 3 amide bonds. The molecule has 302 valence electrons. The number of rotatable bonds is 14. The van der Waals surface area contributed by atoms with Gasteiger partial charge in [0.25, 0.3) is 11.8 Å². The number of fused-ring (bicyclic) bond motifs is 1. The maximum Gasteiger partial charge on any atom is 0.272 e. The summed E-state index contributed by atoms with van der Waals surface area (Å²) in [6, 6.07) is 41.2. The number of ether oxygens (including phenoxy) is 3. The lowest BCUT2D eigenvalue weighted by Gasteiger charge is -2.22. The van der Waals surface area contributed by atoms with E-state index in [1.807, 2.05) is 42.5 Å². The standard InChI is InChI=1S/C48H42N4O6S2/c1-56-40-28-42(58-3)41(57-2)25-34(40)24-39(51-45(53)32-18-11-6-12-19-32)46(54)50-35-20-13-21-36(27-35)59-44(31-16-9-5-10-17-31)47(55)52-48-38(29-49)37-23-22-33(26-43(37)60-48)30-14-7-4-8-15-30/h4-21,24-25,27-28,33,44H,22-23,26H2,1-3H3,(H,50,54)(H,51,53)(H,52,55)/b39-24+. The Morgan fingerprint density at radius 3 is 2.15 bits per heavy atom. The van der Waals surface area contributed by atoms with Crippen LogP contribution in [0.4, 0.5) is 10.7 Å². The first-order valence-corrected chi connectivity index (χ1v) is 20.9. The van der Waals surface area contributed by atoms with Crippen molar-refractivity contribution in [2.24, 2.45) is 0 Å². The van der Waals surface area contributed by atoms with E-state index in [2.05, 4.69) is 46.3 Å². The monoisotopic (exact) mass is 834 g/mol. The number of thiophene rings is 1. The molecule has 1 heterocycles. The Labute approximate surface area is 357 Å². The summed E-state index contributed by atoms with van der Waals surface area (Å²) >= 11 is 2.81. The van der Waals surface area contributed by atoms with Gasteiger partial charge in [-0.25, -0.2) is 0 Å². The van der Waals surface area contributed by atoms with Gasteiger partial charge in [-0.2, -0.15) is 5.26 Å². The highest BCUT2D eigenvalue weighted by Gasteiger charge is 2.30. The van der Waals surface area contributed by atoms with Crippen LogP contribution in [0.5, 0.6) is 17.2 Å². The van der Waals surface area contributed by atoms with Crippen LogP contribution in [0.15, 0.2) is 138 Å². The van der Waals surface area contributed by atoms with E-state index in [9.17, 15) is 19.6 Å². The number of nitrogens with zero attached hydrogens (tertiary/aromatic N) is 1. The molecule has 0 spiro atoms. The Bertz CT molecular complexity index is 2570. The Balaban J connectivity index is 1.14. The highest BCUT2D eigenvalue weighted by atomic mass is 32.2. The average Bonchev–Trinajstić information content (AvgIpc) is 3.64. The number of methoxy groups -OCH3 is 3. The molecule has 1 aromatic heterocycles. The van der Waals surface area contributed by atoms with Crippen LogP contribution in [-0.4, -0.2) is 39.1 Å². The van der Waals surface area contributed by atoms with Crippen LogP contribution in [0.25, 0.3) is 6.08 Å². The lowest BCUT2D eigenvalue weighted by atomic mass is 9.83. The SMILES string of the molecule is COc1cc(OC)c(OC)cc1/C=C(/NC(=O)c1ccccc1)C(=O)Nc1cccc(SC(C(=O)Nc2sc3c(c2C#N)CCC(c2ccccc2)C3)c2ccccc2)c1. The van der Waals surface area contributed by atoms with Gasteiger partial charge in [-0.3, -0.25) is 14.4 Å². The zero-order chi connectivity index (χ0) is 42.0. The minimum atomic E-state index is -0.696. The summed E-state index contributed by atoms with van der Waals surface area (Å²) in [5.74, 6) is 0.215. The number of carbonyl (C=O) groups is 3. The van der Waals surface area contributed by atoms with E-state index in [4.69, 9.17) is 14.2 Å². The van der Waals surface area contributed by atoms with Gasteiger partial charge >= 0.3 is 0 Å². The van der Waals surface area contributed by atoms with Crippen molar-refractivity contribution >= 4 is 57.6 Å². The Hall–Kier alpha value is -6.81. The first-order chi connectivity index (χ1) is 29.3. The normalized spacial score (nSPS) is 13.8. The largest absolute Gasteiger partial charge is 0.496 e. The highest BCUT2D eigenvalue weighted by Crippen LogP contribution is 2.44. The molecule has 60 heavy (non-hydrogen) atoms. The Morgan fingerprint density at radius 2 is 1.47 bits per heavy atom. The second-order valence-electron chi connectivity index (χ2n) is 13.9. The predicted octanol–water partition coefficient (Wildman–Crippen LogP) is 9.80. The fourth-order valence-electron chi connectivity index (χ4n) is 7.13. The van der Waals surface area contributed by atoms with Gasteiger partial charge in [0.1, 0.15) is 27.8 Å². The van der Waals surface area contributed by atoms with Crippen LogP contribution < -0.4 is 30.2 Å². The second-order valence-corrected chi connectivity index (χ2v) is 16.2. The fraction of sp³-hybridized carbons (Fsp3) is 0.167. The van der Waals surface area contributed by atoms with Gasteiger partial charge in [0.05, 0.1) is 26.9 Å². The van der Waals surface area contributed by atoms with E-state index in [1.165, 1.54) is 56.1 Å². The van der Waals surface area contributed by atoms with Crippen molar-refractivity contribution in [2.75, 3.05) is 32.0 Å². The molecule has 1 aliphatic rings. The van der Waals surface area contributed by atoms with Crippen molar-refractivity contribution in [3.63, 3.8) is 0 Å². The molecular weight excluding hydrogens is 793 g/mol. The number of nitriles is 1. The minimum absolute atomic E-state index is 0.0593. The molecule has 0 fully saturated rings. The van der Waals surface area contributed by atoms with Gasteiger partial charge in [-0.1, -0.05) is 84.9 Å². The first-order valence-electron chi connectivity index (χ1n) is 19.2. The topological polar surface area (TPSA) is 139 Å². The second kappa shape index (κ2) is 19.3. The number of anilines is 2. The van der Waals surface area contributed by atoms with Gasteiger partial charge < -0.3 is 30.2 Å². The zero-order valence-electron chi connectivity index (χ0n) is 33.2. The minimum Gasteiger partial charge on any atom is -0.496 e. The molecule has 12 heteroatoms. The number of carbonyl (C=O) groups excluding carboxylic acids is 3. The van der Waals surface area contributed by atoms with Crippen LogP contribution in [0.1, 0.15) is 60.6 Å². The number of thioether (sulfide) groups is 1. The van der Waals surface area contributed by atoms with Crippen LogP contribution in [-0.2, 0) is 22.4 Å². The molecule has 7 rings (SSSR count). The van der Waals surface area contributed by atoms with Gasteiger partial charge in [-0.05, 0) is 84.3 Å². The molecule has 1 aliphatic carbocycles. The number of hydrogen-bond acceptors (Lipinski definition) is 9. The van der Waals surface area contributed by atoms with Gasteiger partial charge in [0.15, 0.2) is 11.5 Å². The maximum atomic E-state index is 14.3. The first kappa shape index (κ1) is 41.4. The van der Waals surface area contributed by atoms with Crippen LogP contribution in [0.3, 0.4) is 0 Å². The molecule has 0 bridgehead atoms. The van der Waals surface area contributed by atoms with Gasteiger partial charge in [0, 0.05) is 32.7 Å². The van der Waals surface area contributed by atoms with Crippen molar-refractivity contribution in [3.8, 4) is 23.3 Å². The molecule has 0 saturated heterocycles. The molecule has 3 N–H and O–H groups in total. The summed E-state index contributed by atoms with van der Waals surface area (Å²) in [4.78, 5) is 43.6. The van der Waals surface area contributed by atoms with E-state index in [-0.39, 0.29) is 11.6 Å². The third-order valence-electron chi connectivity index (χ3n) is 10.1. The van der Waals surface area contributed by atoms with Crippen LogP contribution in [0.2, 0.25) is 0 Å². The number of benzene rings is 5. The van der Waals surface area contributed by atoms with Crippen molar-refractivity contribution in [3.05, 3.63) is 171 Å². The summed E-state index contributed by atoms with van der Waals surface area (Å²) in [5, 5.41) is 19.0. The van der Waals surface area contributed by atoms with Crippen molar-refractivity contribution in [1.82, 2.24) is 5.32 Å². The van der Waals surface area contributed by atoms with Crippen LogP contribution in [0, 0.1) is 11.3 Å². The third-order valence-corrected chi connectivity index (χ3v) is 12.6. The molecule has 2 atom stereocenters. The summed E-state index contributed by atoms with van der Waals surface area (Å²) in [7, 11) is 4.50. The predicted molar refractivity (Wildman–Crippen MR) is 237 cm³/mol. The molecular formula is C48H42N4O6S2. The van der Waals surface area contributed by atoms with E-state index < -0.39 is 17.1 Å². The van der Waals surface area contributed by atoms with E-state index in [0.717, 1.165) is 35.3 Å². The fourth-order valence-corrected chi connectivity index (χ4v) is 9.49. The van der Waals surface area contributed by atoms with E-state index in [1.54, 1.807) is 60.7 Å². The lowest BCUT2D eigenvalue weighted by Crippen LogP contribution is -2.30. The molecule has 0 saturated carbocycles. The summed E-state index contributed by atoms with van der Waals surface area (Å²) in [6.07, 6.45) is 4.03. The van der Waals surface area contributed by atoms with Crippen LogP contribution >= 0.6 is 23.1 Å². The molecule has 6 aromatic rings. The molecule has 10 nitrogen and oxygen atoms in total. The van der Waals surface area contributed by atoms with Gasteiger partial charge in [0.2, 0.25) is 5.91 Å². The lowest BCUT2D eigenvalue weighted by molar-refractivity contribution is -0.116. The highest BCUT2D eigenvalue weighted by molar-refractivity contribution is 8.00.